The van der Waals surface area contributed by atoms with Crippen LogP contribution in [0.4, 0.5) is 0 Å². The molecule has 0 amide bonds. The minimum atomic E-state index is -0.352. The first kappa shape index (κ1) is 11.0. The first-order chi connectivity index (χ1) is 8.88. The summed E-state index contributed by atoms with van der Waals surface area (Å²) in [7, 11) is -0.352. The van der Waals surface area contributed by atoms with E-state index in [1.165, 1.54) is 0 Å². The predicted octanol–water partition coefficient (Wildman–Crippen LogP) is 3.59. The highest BCUT2D eigenvalue weighted by Crippen LogP contribution is 2.36. The van der Waals surface area contributed by atoms with Crippen LogP contribution in [0.5, 0.6) is 11.5 Å². The van der Waals surface area contributed by atoms with Crippen LogP contribution in [-0.2, 0) is 0 Å². The molecule has 0 unspecified atom stereocenters. The number of hydrogen-bond donors (Lipinski definition) is 0. The second-order valence-electron chi connectivity index (χ2n) is 4.12. The van der Waals surface area contributed by atoms with Crippen LogP contribution in [0.1, 0.15) is 12.5 Å². The Bertz CT molecular complexity index is 553. The standard InChI is InChI=1S/C15H13BO2/c1-2-13(12-8-4-3-5-9-12)16-17-14-10-6-7-11-15(14)18-16/h2-11H,1H3/b13-2+. The van der Waals surface area contributed by atoms with E-state index >= 15 is 0 Å². The van der Waals surface area contributed by atoms with Crippen LogP contribution in [0, 0.1) is 0 Å². The highest BCUT2D eigenvalue weighted by Gasteiger charge is 2.35. The van der Waals surface area contributed by atoms with Crippen molar-refractivity contribution < 1.29 is 9.31 Å². The Morgan fingerprint density at radius 3 is 2.00 bits per heavy atom. The summed E-state index contributed by atoms with van der Waals surface area (Å²) in [5.41, 5.74) is 2.17. The first-order valence-corrected chi connectivity index (χ1v) is 6.02. The normalized spacial score (nSPS) is 13.8. The second-order valence-corrected chi connectivity index (χ2v) is 4.12. The van der Waals surface area contributed by atoms with Crippen LogP contribution >= 0.6 is 0 Å². The Kier molecular flexibility index (Phi) is 2.81. The molecule has 0 fully saturated rings. The molecule has 18 heavy (non-hydrogen) atoms. The van der Waals surface area contributed by atoms with E-state index < -0.39 is 0 Å². The SMILES string of the molecule is C/C=C(/B1Oc2ccccc2O1)c1ccccc1. The summed E-state index contributed by atoms with van der Waals surface area (Å²) >= 11 is 0. The van der Waals surface area contributed by atoms with Gasteiger partial charge in [-0.25, -0.2) is 0 Å². The molecule has 0 N–H and O–H groups in total. The molecule has 2 aromatic rings. The first-order valence-electron chi connectivity index (χ1n) is 6.02. The van der Waals surface area contributed by atoms with Crippen LogP contribution in [0.3, 0.4) is 0 Å². The maximum absolute atomic E-state index is 5.82. The lowest BCUT2D eigenvalue weighted by atomic mass is 9.74. The van der Waals surface area contributed by atoms with Crippen molar-refractivity contribution in [1.82, 2.24) is 0 Å². The topological polar surface area (TPSA) is 18.5 Å². The third-order valence-electron chi connectivity index (χ3n) is 2.99. The average Bonchev–Trinajstić information content (AvgIpc) is 2.84. The van der Waals surface area contributed by atoms with Crippen molar-refractivity contribution >= 4 is 12.6 Å². The van der Waals surface area contributed by atoms with Crippen LogP contribution < -0.4 is 9.31 Å². The van der Waals surface area contributed by atoms with E-state index in [4.69, 9.17) is 9.31 Å². The van der Waals surface area contributed by atoms with E-state index in [-0.39, 0.29) is 7.12 Å². The maximum atomic E-state index is 5.82. The molecule has 0 atom stereocenters. The summed E-state index contributed by atoms with van der Waals surface area (Å²) in [6, 6.07) is 17.9. The Morgan fingerprint density at radius 2 is 1.44 bits per heavy atom. The Morgan fingerprint density at radius 1 is 0.889 bits per heavy atom. The fourth-order valence-corrected chi connectivity index (χ4v) is 2.10. The van der Waals surface area contributed by atoms with Crippen LogP contribution in [-0.4, -0.2) is 7.12 Å². The molecule has 2 nitrogen and oxygen atoms in total. The van der Waals surface area contributed by atoms with E-state index in [9.17, 15) is 0 Å². The fraction of sp³-hybridized carbons (Fsp3) is 0.0667. The van der Waals surface area contributed by atoms with Gasteiger partial charge >= 0.3 is 7.12 Å². The smallest absolute Gasteiger partial charge is 0.519 e. The summed E-state index contributed by atoms with van der Waals surface area (Å²) < 4.78 is 11.6. The van der Waals surface area contributed by atoms with E-state index in [1.807, 2.05) is 55.5 Å². The molecule has 1 heterocycles. The van der Waals surface area contributed by atoms with Crippen molar-refractivity contribution in [2.75, 3.05) is 0 Å². The van der Waals surface area contributed by atoms with Gasteiger partial charge in [0.05, 0.1) is 0 Å². The summed E-state index contributed by atoms with van der Waals surface area (Å²) in [6.07, 6.45) is 2.03. The summed E-state index contributed by atoms with van der Waals surface area (Å²) in [6.45, 7) is 2.00. The van der Waals surface area contributed by atoms with Crippen molar-refractivity contribution in [2.45, 2.75) is 6.92 Å². The molecule has 3 heteroatoms. The summed E-state index contributed by atoms with van der Waals surface area (Å²) in [4.78, 5) is 0. The van der Waals surface area contributed by atoms with Crippen molar-refractivity contribution in [1.29, 1.82) is 0 Å². The highest BCUT2D eigenvalue weighted by molar-refractivity contribution is 6.70. The quantitative estimate of drug-likeness (QED) is 0.742. The molecule has 3 rings (SSSR count). The lowest BCUT2D eigenvalue weighted by molar-refractivity contribution is 0.520. The fourth-order valence-electron chi connectivity index (χ4n) is 2.10. The van der Waals surface area contributed by atoms with Gasteiger partial charge in [0.1, 0.15) is 11.5 Å². The highest BCUT2D eigenvalue weighted by atomic mass is 16.6. The zero-order valence-electron chi connectivity index (χ0n) is 10.2. The zero-order chi connectivity index (χ0) is 12.4. The molecule has 88 valence electrons. The van der Waals surface area contributed by atoms with Gasteiger partial charge in [-0.05, 0) is 24.6 Å². The molecular formula is C15H13BO2. The third kappa shape index (κ3) is 1.88. The predicted molar refractivity (Wildman–Crippen MR) is 73.5 cm³/mol. The van der Waals surface area contributed by atoms with Gasteiger partial charge in [-0.2, -0.15) is 0 Å². The van der Waals surface area contributed by atoms with Crippen molar-refractivity contribution in [3.63, 3.8) is 0 Å². The van der Waals surface area contributed by atoms with E-state index in [1.54, 1.807) is 0 Å². The molecule has 0 saturated carbocycles. The van der Waals surface area contributed by atoms with Gasteiger partial charge in [0, 0.05) is 5.47 Å². The second kappa shape index (κ2) is 4.61. The van der Waals surface area contributed by atoms with Crippen molar-refractivity contribution in [3.05, 3.63) is 66.2 Å². The molecule has 1 aliphatic heterocycles. The van der Waals surface area contributed by atoms with Gasteiger partial charge in [-0.15, -0.1) is 0 Å². The summed E-state index contributed by atoms with van der Waals surface area (Å²) in [5, 5.41) is 0. The molecular weight excluding hydrogens is 223 g/mol. The molecule has 0 radical (unpaired) electrons. The van der Waals surface area contributed by atoms with Crippen molar-refractivity contribution in [2.24, 2.45) is 0 Å². The van der Waals surface area contributed by atoms with Crippen LogP contribution in [0.15, 0.2) is 60.7 Å². The van der Waals surface area contributed by atoms with Crippen LogP contribution in [0.2, 0.25) is 0 Å². The largest absolute Gasteiger partial charge is 0.633 e. The average molecular weight is 236 g/mol. The molecule has 2 aromatic carbocycles. The van der Waals surface area contributed by atoms with Gasteiger partial charge in [0.15, 0.2) is 0 Å². The number of rotatable bonds is 2. The number of allylic oxidation sites excluding steroid dienone is 1. The number of hydrogen-bond acceptors (Lipinski definition) is 2. The number of para-hydroxylation sites is 2. The summed E-state index contributed by atoms with van der Waals surface area (Å²) in [5.74, 6) is 1.61. The molecule has 0 spiro atoms. The van der Waals surface area contributed by atoms with Gasteiger partial charge in [0.25, 0.3) is 0 Å². The number of fused-ring (bicyclic) bond motifs is 1. The maximum Gasteiger partial charge on any atom is 0.633 e. The minimum absolute atomic E-state index is 0.352. The van der Waals surface area contributed by atoms with E-state index in [0.29, 0.717) is 0 Å². The molecule has 0 aliphatic carbocycles. The van der Waals surface area contributed by atoms with Gasteiger partial charge in [-0.3, -0.25) is 0 Å². The number of benzene rings is 2. The zero-order valence-corrected chi connectivity index (χ0v) is 10.2. The molecule has 1 aliphatic rings. The lowest BCUT2D eigenvalue weighted by Crippen LogP contribution is -2.26. The third-order valence-corrected chi connectivity index (χ3v) is 2.99. The monoisotopic (exact) mass is 236 g/mol. The van der Waals surface area contributed by atoms with Gasteiger partial charge in [0.2, 0.25) is 0 Å². The van der Waals surface area contributed by atoms with Crippen molar-refractivity contribution in [3.8, 4) is 11.5 Å². The van der Waals surface area contributed by atoms with E-state index in [2.05, 4.69) is 12.1 Å². The lowest BCUT2D eigenvalue weighted by Gasteiger charge is -2.09. The van der Waals surface area contributed by atoms with Gasteiger partial charge < -0.3 is 9.31 Å². The van der Waals surface area contributed by atoms with Crippen LogP contribution in [0.25, 0.3) is 5.47 Å². The molecule has 0 saturated heterocycles. The van der Waals surface area contributed by atoms with Gasteiger partial charge in [-0.1, -0.05) is 48.5 Å². The molecule has 0 aromatic heterocycles. The van der Waals surface area contributed by atoms with E-state index in [0.717, 1.165) is 22.5 Å². The Balaban J connectivity index is 1.89. The Labute approximate surface area is 107 Å². The minimum Gasteiger partial charge on any atom is -0.519 e. The molecule has 0 bridgehead atoms. The Hall–Kier alpha value is -2.16.